The predicted molar refractivity (Wildman–Crippen MR) is 160 cm³/mol. The average Bonchev–Trinajstić information content (AvgIpc) is 3.48. The Balaban J connectivity index is 0.00000302. The molecule has 3 aromatic carbocycles. The Morgan fingerprint density at radius 3 is 2.39 bits per heavy atom. The van der Waals surface area contributed by atoms with E-state index in [2.05, 4.69) is 107 Å². The average molecular weight is 734 g/mol. The third-order valence-electron chi connectivity index (χ3n) is 7.05. The monoisotopic (exact) mass is 733 g/mol. The van der Waals surface area contributed by atoms with E-state index in [9.17, 15) is 0 Å². The van der Waals surface area contributed by atoms with Gasteiger partial charge >= 0.3 is 38.7 Å². The van der Waals surface area contributed by atoms with Gasteiger partial charge < -0.3 is 4.57 Å². The maximum absolute atomic E-state index is 4.63. The van der Waals surface area contributed by atoms with Crippen LogP contribution in [0.4, 0.5) is 17.3 Å². The van der Waals surface area contributed by atoms with Crippen LogP contribution in [0.1, 0.15) is 26.3 Å². The molecule has 1 aliphatic rings. The molecule has 4 heterocycles. The van der Waals surface area contributed by atoms with Crippen molar-refractivity contribution in [3.63, 3.8) is 0 Å². The summed E-state index contributed by atoms with van der Waals surface area (Å²) >= 11 is 1.66. The van der Waals surface area contributed by atoms with Crippen LogP contribution in [-0.4, -0.2) is 37.2 Å². The molecule has 0 aliphatic carbocycles. The van der Waals surface area contributed by atoms with Crippen molar-refractivity contribution in [2.45, 2.75) is 36.0 Å². The quantitative estimate of drug-likeness (QED) is 0.141. The summed E-state index contributed by atoms with van der Waals surface area (Å²) in [6.07, 6.45) is 5.24. The molecule has 1 aliphatic heterocycles. The zero-order valence-corrected chi connectivity index (χ0v) is 26.1. The first kappa shape index (κ1) is 27.3. The fourth-order valence-corrected chi connectivity index (χ4v) is 5.94. The van der Waals surface area contributed by atoms with Crippen molar-refractivity contribution in [1.82, 2.24) is 24.1 Å². The Bertz CT molecular complexity index is 2020. The van der Waals surface area contributed by atoms with Gasteiger partial charge in [0.25, 0.3) is 0 Å². The maximum Gasteiger partial charge on any atom is 2.00 e. The van der Waals surface area contributed by atoms with Crippen molar-refractivity contribution >= 4 is 56.9 Å². The van der Waals surface area contributed by atoms with Crippen LogP contribution in [-0.2, 0) is 26.5 Å². The molecule has 6 nitrogen and oxygen atoms in total. The number of nitrogens with zero attached hydrogens (tertiary/aromatic N) is 6. The van der Waals surface area contributed by atoms with Crippen molar-refractivity contribution < 1.29 is 25.6 Å². The van der Waals surface area contributed by atoms with Crippen LogP contribution in [0.15, 0.2) is 95.1 Å². The molecule has 0 amide bonds. The van der Waals surface area contributed by atoms with Gasteiger partial charge in [-0.3, -0.25) is 0 Å². The molecule has 0 saturated carbocycles. The fraction of sp³-hybridized carbons (Fsp3) is 0.152. The summed E-state index contributed by atoms with van der Waals surface area (Å²) in [6.45, 7) is 6.67. The minimum absolute atomic E-state index is 0. The number of rotatable bonds is 4. The molecule has 202 valence electrons. The zero-order chi connectivity index (χ0) is 27.4. The van der Waals surface area contributed by atoms with Crippen LogP contribution >= 0.6 is 11.8 Å². The number of fused-ring (bicyclic) bond motifs is 4. The smallest absolute Gasteiger partial charge is 0.349 e. The maximum atomic E-state index is 4.63. The Morgan fingerprint density at radius 2 is 1.61 bits per heavy atom. The van der Waals surface area contributed by atoms with Crippen LogP contribution in [0.3, 0.4) is 0 Å². The zero-order valence-electron chi connectivity index (χ0n) is 23.0. The molecule has 6 aromatic rings. The van der Waals surface area contributed by atoms with E-state index in [0.717, 1.165) is 44.0 Å². The summed E-state index contributed by atoms with van der Waals surface area (Å²) in [5.41, 5.74) is 4.24. The normalized spacial score (nSPS) is 12.7. The SMILES string of the molecule is C[N+]1=C=[N+](c2[c-]c(Sc3[c-]cc4c(c3)c3ccccc3n4-c3ccccn3)cc(C(C)(C)C)c2)c2nccnc21.[Pt+2]. The van der Waals surface area contributed by atoms with Gasteiger partial charge in [-0.15, -0.1) is 55.0 Å². The van der Waals surface area contributed by atoms with E-state index in [-0.39, 0.29) is 26.5 Å². The van der Waals surface area contributed by atoms with Crippen LogP contribution in [0, 0.1) is 12.1 Å². The molecular formula is C33H26N6PtS+2. The number of aromatic nitrogens is 4. The number of para-hydroxylation sites is 1. The minimum atomic E-state index is -0.0558. The molecule has 0 N–H and O–H groups in total. The van der Waals surface area contributed by atoms with Gasteiger partial charge in [0.2, 0.25) is 0 Å². The first-order chi connectivity index (χ1) is 19.4. The molecule has 0 unspecified atom stereocenters. The molecule has 0 atom stereocenters. The molecule has 0 bridgehead atoms. The van der Waals surface area contributed by atoms with Gasteiger partial charge in [-0.25, -0.2) is 4.98 Å². The van der Waals surface area contributed by atoms with E-state index in [1.54, 1.807) is 24.2 Å². The molecule has 7 rings (SSSR count). The second-order valence-electron chi connectivity index (χ2n) is 10.8. The summed E-state index contributed by atoms with van der Waals surface area (Å²) in [5.74, 6) is 2.41. The number of hydrogen-bond acceptors (Lipinski definition) is 4. The van der Waals surface area contributed by atoms with Gasteiger partial charge in [0.05, 0.1) is 11.9 Å². The Labute approximate surface area is 257 Å². The Kier molecular flexibility index (Phi) is 6.99. The number of benzene rings is 3. The number of hydrogen-bond donors (Lipinski definition) is 0. The molecule has 0 spiro atoms. The first-order valence-corrected chi connectivity index (χ1v) is 13.9. The van der Waals surface area contributed by atoms with E-state index in [1.807, 2.05) is 40.6 Å². The van der Waals surface area contributed by atoms with E-state index in [4.69, 9.17) is 0 Å². The van der Waals surface area contributed by atoms with Gasteiger partial charge in [-0.1, -0.05) is 55.4 Å². The molecule has 0 saturated heterocycles. The van der Waals surface area contributed by atoms with Crippen LogP contribution < -0.4 is 4.58 Å². The third-order valence-corrected chi connectivity index (χ3v) is 7.95. The minimum Gasteiger partial charge on any atom is -0.349 e. The van der Waals surface area contributed by atoms with Crippen LogP contribution in [0.25, 0.3) is 27.6 Å². The van der Waals surface area contributed by atoms with Gasteiger partial charge in [0.1, 0.15) is 12.9 Å². The number of pyridine rings is 1. The largest absolute Gasteiger partial charge is 2.00 e. The summed E-state index contributed by atoms with van der Waals surface area (Å²) in [6, 6.07) is 33.7. The predicted octanol–water partition coefficient (Wildman–Crippen LogP) is 7.31. The van der Waals surface area contributed by atoms with E-state index >= 15 is 0 Å². The Hall–Kier alpha value is -3.89. The van der Waals surface area contributed by atoms with Crippen molar-refractivity contribution in [3.05, 3.63) is 103 Å². The second-order valence-corrected chi connectivity index (χ2v) is 11.9. The standard InChI is InChI=1S/C33H26N6S.Pt/c1-33(2,3)22-17-23(38-21-37(4)31-32(38)36-16-15-35-31)19-25(18-22)40-24-12-13-29-27(20-24)26-9-5-6-10-28(26)39(29)30-11-7-8-14-34-30;/h5-11,13-18,20H,1-4H3;/q;+2. The molecule has 8 heteroatoms. The van der Waals surface area contributed by atoms with Crippen LogP contribution in [0.2, 0.25) is 0 Å². The van der Waals surface area contributed by atoms with Gasteiger partial charge in [-0.05, 0) is 29.0 Å². The second kappa shape index (κ2) is 10.5. The summed E-state index contributed by atoms with van der Waals surface area (Å²) in [5, 5.41) is 2.35. The molecule has 3 aromatic heterocycles. The van der Waals surface area contributed by atoms with Gasteiger partial charge in [0, 0.05) is 16.7 Å². The van der Waals surface area contributed by atoms with Gasteiger partial charge in [-0.2, -0.15) is 23.2 Å². The van der Waals surface area contributed by atoms with E-state index < -0.39 is 0 Å². The first-order valence-electron chi connectivity index (χ1n) is 13.1. The summed E-state index contributed by atoms with van der Waals surface area (Å²) in [7, 11) is 1.93. The molecule has 41 heavy (non-hydrogen) atoms. The van der Waals surface area contributed by atoms with E-state index in [1.165, 1.54) is 16.3 Å². The van der Waals surface area contributed by atoms with Crippen molar-refractivity contribution in [3.8, 4) is 5.82 Å². The Morgan fingerprint density at radius 1 is 0.829 bits per heavy atom. The van der Waals surface area contributed by atoms with Crippen molar-refractivity contribution in [2.75, 3.05) is 7.05 Å². The van der Waals surface area contributed by atoms with Crippen LogP contribution in [0.5, 0.6) is 0 Å². The molecule has 0 radical (unpaired) electrons. The fourth-order valence-electron chi connectivity index (χ4n) is 5.07. The summed E-state index contributed by atoms with van der Waals surface area (Å²) in [4.78, 5) is 15.7. The molecular weight excluding hydrogens is 708 g/mol. The van der Waals surface area contributed by atoms with Crippen molar-refractivity contribution in [2.24, 2.45) is 0 Å². The van der Waals surface area contributed by atoms with Gasteiger partial charge in [0.15, 0.2) is 6.20 Å². The van der Waals surface area contributed by atoms with Crippen molar-refractivity contribution in [1.29, 1.82) is 0 Å². The topological polar surface area (TPSA) is 49.6 Å². The van der Waals surface area contributed by atoms with E-state index in [0.29, 0.717) is 0 Å². The summed E-state index contributed by atoms with van der Waals surface area (Å²) < 4.78 is 6.01. The third kappa shape index (κ3) is 4.85. The molecule has 0 fully saturated rings.